The first-order valence-corrected chi connectivity index (χ1v) is 7.97. The van der Waals surface area contributed by atoms with Gasteiger partial charge in [0.25, 0.3) is 0 Å². The Bertz CT molecular complexity index is 775. The van der Waals surface area contributed by atoms with Crippen molar-refractivity contribution in [3.8, 4) is 6.07 Å². The molecule has 0 aliphatic rings. The largest absolute Gasteiger partial charge is 0.235 e. The molecule has 3 aromatic rings. The van der Waals surface area contributed by atoms with Crippen molar-refractivity contribution >= 4 is 60.5 Å². The van der Waals surface area contributed by atoms with Crippen LogP contribution in [-0.4, -0.2) is 4.98 Å². The molecule has 92 valence electrons. The molecule has 0 spiro atoms. The highest BCUT2D eigenvalue weighted by molar-refractivity contribution is 9.10. The van der Waals surface area contributed by atoms with Crippen molar-refractivity contribution in [3.05, 3.63) is 50.1 Å². The molecule has 2 aromatic heterocycles. The number of thiazole rings is 1. The number of aromatic nitrogens is 1. The van der Waals surface area contributed by atoms with E-state index in [2.05, 4.69) is 27.0 Å². The second kappa shape index (κ2) is 5.25. The summed E-state index contributed by atoms with van der Waals surface area (Å²) in [6.07, 6.45) is 1.88. The molecule has 0 radical (unpaired) electrons. The minimum absolute atomic E-state index is 0.607. The highest BCUT2D eigenvalue weighted by Crippen LogP contribution is 2.29. The molecule has 5 heteroatoms. The van der Waals surface area contributed by atoms with Crippen LogP contribution in [0, 0.1) is 11.3 Å². The van der Waals surface area contributed by atoms with Gasteiger partial charge in [0.05, 0.1) is 15.8 Å². The van der Waals surface area contributed by atoms with Crippen LogP contribution in [0.25, 0.3) is 21.9 Å². The predicted octanol–water partition coefficient (Wildman–Crippen LogP) is 5.18. The number of halogens is 1. The first-order chi connectivity index (χ1) is 9.26. The van der Waals surface area contributed by atoms with Gasteiger partial charge in [0.15, 0.2) is 0 Å². The molecule has 0 unspecified atom stereocenters. The van der Waals surface area contributed by atoms with Gasteiger partial charge in [-0.2, -0.15) is 5.26 Å². The monoisotopic (exact) mass is 346 g/mol. The smallest absolute Gasteiger partial charge is 0.135 e. The minimum atomic E-state index is 0.607. The average molecular weight is 347 g/mol. The number of fused-ring (bicyclic) bond motifs is 1. The van der Waals surface area contributed by atoms with Crippen molar-refractivity contribution in [2.24, 2.45) is 0 Å². The fourth-order valence-electron chi connectivity index (χ4n) is 1.68. The zero-order chi connectivity index (χ0) is 13.2. The minimum Gasteiger partial charge on any atom is -0.235 e. The fraction of sp³-hybridized carbons (Fsp3) is 0. The summed E-state index contributed by atoms with van der Waals surface area (Å²) in [5.41, 5.74) is 1.55. The average Bonchev–Trinajstić information content (AvgIpc) is 3.01. The second-order valence-electron chi connectivity index (χ2n) is 3.82. The first kappa shape index (κ1) is 12.5. The molecule has 1 aromatic carbocycles. The van der Waals surface area contributed by atoms with Gasteiger partial charge in [-0.1, -0.05) is 12.1 Å². The molecule has 0 saturated heterocycles. The van der Waals surface area contributed by atoms with Gasteiger partial charge in [0.1, 0.15) is 11.1 Å². The van der Waals surface area contributed by atoms with Crippen molar-refractivity contribution in [3.63, 3.8) is 0 Å². The molecule has 0 bridgehead atoms. The lowest BCUT2D eigenvalue weighted by atomic mass is 10.2. The summed E-state index contributed by atoms with van der Waals surface area (Å²) < 4.78 is 2.14. The highest BCUT2D eigenvalue weighted by Gasteiger charge is 2.08. The van der Waals surface area contributed by atoms with E-state index in [1.165, 1.54) is 0 Å². The summed E-state index contributed by atoms with van der Waals surface area (Å²) in [6, 6.07) is 12.2. The van der Waals surface area contributed by atoms with E-state index in [0.717, 1.165) is 24.6 Å². The number of nitrogens with zero attached hydrogens (tertiary/aromatic N) is 2. The topological polar surface area (TPSA) is 36.7 Å². The number of hydrogen-bond acceptors (Lipinski definition) is 4. The van der Waals surface area contributed by atoms with Gasteiger partial charge in [0, 0.05) is 14.7 Å². The molecule has 0 N–H and O–H groups in total. The number of nitriles is 1. The molecule has 19 heavy (non-hydrogen) atoms. The predicted molar refractivity (Wildman–Crippen MR) is 85.1 cm³/mol. The maximum Gasteiger partial charge on any atom is 0.135 e. The van der Waals surface area contributed by atoms with Gasteiger partial charge in [-0.25, -0.2) is 4.98 Å². The van der Waals surface area contributed by atoms with Crippen molar-refractivity contribution in [1.29, 1.82) is 5.26 Å². The maximum atomic E-state index is 9.31. The SMILES string of the molecule is N#CC(=Cc1cc(Br)cs1)c1nc2ccccc2s1. The van der Waals surface area contributed by atoms with Gasteiger partial charge >= 0.3 is 0 Å². The van der Waals surface area contributed by atoms with Gasteiger partial charge in [-0.15, -0.1) is 22.7 Å². The molecular formula is C14H7BrN2S2. The third-order valence-corrected chi connectivity index (χ3v) is 5.23. The van der Waals surface area contributed by atoms with Crippen LogP contribution in [0.1, 0.15) is 9.88 Å². The zero-order valence-electron chi connectivity index (χ0n) is 9.63. The first-order valence-electron chi connectivity index (χ1n) is 5.48. The number of para-hydroxylation sites is 1. The van der Waals surface area contributed by atoms with E-state index in [0.29, 0.717) is 5.57 Å². The Morgan fingerprint density at radius 1 is 1.37 bits per heavy atom. The van der Waals surface area contributed by atoms with E-state index in [9.17, 15) is 5.26 Å². The quantitative estimate of drug-likeness (QED) is 0.599. The molecule has 0 aliphatic heterocycles. The third kappa shape index (κ3) is 2.61. The number of benzene rings is 1. The lowest BCUT2D eigenvalue weighted by Gasteiger charge is -1.90. The molecular weight excluding hydrogens is 340 g/mol. The normalized spacial score (nSPS) is 11.7. The van der Waals surface area contributed by atoms with Gasteiger partial charge in [-0.3, -0.25) is 0 Å². The van der Waals surface area contributed by atoms with Crippen molar-refractivity contribution in [1.82, 2.24) is 4.98 Å². The molecule has 0 saturated carbocycles. The number of allylic oxidation sites excluding steroid dienone is 1. The molecule has 0 aliphatic carbocycles. The summed E-state index contributed by atoms with van der Waals surface area (Å²) in [5, 5.41) is 12.1. The summed E-state index contributed by atoms with van der Waals surface area (Å²) in [4.78, 5) is 5.55. The Morgan fingerprint density at radius 3 is 2.89 bits per heavy atom. The fourth-order valence-corrected chi connectivity index (χ4v) is 3.98. The second-order valence-corrected chi connectivity index (χ2v) is 6.71. The van der Waals surface area contributed by atoms with E-state index in [-0.39, 0.29) is 0 Å². The lowest BCUT2D eigenvalue weighted by molar-refractivity contribution is 1.44. The van der Waals surface area contributed by atoms with Crippen molar-refractivity contribution in [2.45, 2.75) is 0 Å². The standard InChI is InChI=1S/C14H7BrN2S2/c15-10-6-11(18-8-10)5-9(7-16)14-17-12-3-1-2-4-13(12)19-14/h1-6,8H. The number of rotatable bonds is 2. The van der Waals surface area contributed by atoms with Crippen LogP contribution in [0.15, 0.2) is 40.2 Å². The molecule has 0 atom stereocenters. The van der Waals surface area contributed by atoms with E-state index >= 15 is 0 Å². The molecule has 3 rings (SSSR count). The van der Waals surface area contributed by atoms with Gasteiger partial charge < -0.3 is 0 Å². The summed E-state index contributed by atoms with van der Waals surface area (Å²) >= 11 is 6.56. The van der Waals surface area contributed by atoms with E-state index < -0.39 is 0 Å². The van der Waals surface area contributed by atoms with Crippen molar-refractivity contribution < 1.29 is 0 Å². The summed E-state index contributed by atoms with van der Waals surface area (Å²) in [5.74, 6) is 0. The molecule has 2 heterocycles. The third-order valence-electron chi connectivity index (χ3n) is 2.52. The molecule has 2 nitrogen and oxygen atoms in total. The van der Waals surface area contributed by atoms with E-state index in [1.807, 2.05) is 41.8 Å². The highest BCUT2D eigenvalue weighted by atomic mass is 79.9. The van der Waals surface area contributed by atoms with Crippen LogP contribution in [0.5, 0.6) is 0 Å². The van der Waals surface area contributed by atoms with Gasteiger partial charge in [-0.05, 0) is 40.2 Å². The van der Waals surface area contributed by atoms with Crippen LogP contribution < -0.4 is 0 Å². The van der Waals surface area contributed by atoms with E-state index in [1.54, 1.807) is 22.7 Å². The number of hydrogen-bond donors (Lipinski definition) is 0. The molecule has 0 amide bonds. The Kier molecular flexibility index (Phi) is 3.47. The van der Waals surface area contributed by atoms with Crippen LogP contribution in [-0.2, 0) is 0 Å². The summed E-state index contributed by atoms with van der Waals surface area (Å²) in [6.45, 7) is 0. The van der Waals surface area contributed by atoms with Crippen molar-refractivity contribution in [2.75, 3.05) is 0 Å². The Morgan fingerprint density at radius 2 is 2.21 bits per heavy atom. The van der Waals surface area contributed by atoms with Crippen LogP contribution in [0.3, 0.4) is 0 Å². The van der Waals surface area contributed by atoms with E-state index in [4.69, 9.17) is 0 Å². The van der Waals surface area contributed by atoms with Gasteiger partial charge in [0.2, 0.25) is 0 Å². The molecule has 0 fully saturated rings. The lowest BCUT2D eigenvalue weighted by Crippen LogP contribution is -1.78. The van der Waals surface area contributed by atoms with Crippen LogP contribution in [0.2, 0.25) is 0 Å². The zero-order valence-corrected chi connectivity index (χ0v) is 12.8. The summed E-state index contributed by atoms with van der Waals surface area (Å²) in [7, 11) is 0. The van der Waals surface area contributed by atoms with Crippen LogP contribution >= 0.6 is 38.6 Å². The Hall–Kier alpha value is -1.48. The number of thiophene rings is 1. The van der Waals surface area contributed by atoms with Crippen LogP contribution in [0.4, 0.5) is 0 Å². The maximum absolute atomic E-state index is 9.31. The Labute approximate surface area is 126 Å². The Balaban J connectivity index is 2.07.